The molecule has 5 rings (SSSR count). The van der Waals surface area contributed by atoms with Crippen LogP contribution in [0.1, 0.15) is 22.7 Å². The van der Waals surface area contributed by atoms with Gasteiger partial charge in [0.15, 0.2) is 0 Å². The SMILES string of the molecule is C1=NCc2ccccc2N/C=C\1.C=CCN.Nc1ccccc1C1N=C/C=C\Nc2ccccc21. The molecule has 6 heteroatoms. The zero-order chi connectivity index (χ0) is 24.7. The van der Waals surface area contributed by atoms with Crippen molar-refractivity contribution in [3.8, 4) is 0 Å². The Balaban J connectivity index is 0.000000183. The van der Waals surface area contributed by atoms with Gasteiger partial charge in [-0.3, -0.25) is 9.98 Å². The second-order valence-electron chi connectivity index (χ2n) is 7.60. The van der Waals surface area contributed by atoms with Gasteiger partial charge in [-0.25, -0.2) is 0 Å². The van der Waals surface area contributed by atoms with E-state index in [9.17, 15) is 0 Å². The Morgan fingerprint density at radius 2 is 1.43 bits per heavy atom. The molecule has 1 unspecified atom stereocenters. The van der Waals surface area contributed by atoms with Crippen molar-refractivity contribution in [3.05, 3.63) is 127 Å². The van der Waals surface area contributed by atoms with Gasteiger partial charge in [-0.15, -0.1) is 6.58 Å². The average Bonchev–Trinajstić information content (AvgIpc) is 2.86. The fourth-order valence-corrected chi connectivity index (χ4v) is 3.46. The van der Waals surface area contributed by atoms with Crippen LogP contribution in [0.25, 0.3) is 0 Å². The van der Waals surface area contributed by atoms with Crippen molar-refractivity contribution in [1.82, 2.24) is 0 Å². The predicted molar refractivity (Wildman–Crippen MR) is 151 cm³/mol. The number of nitrogens with one attached hydrogen (secondary N) is 2. The fraction of sp³-hybridized carbons (Fsp3) is 0.103. The monoisotopic (exact) mass is 464 g/mol. The van der Waals surface area contributed by atoms with Crippen LogP contribution in [-0.4, -0.2) is 19.0 Å². The van der Waals surface area contributed by atoms with Crippen molar-refractivity contribution in [2.45, 2.75) is 12.6 Å². The van der Waals surface area contributed by atoms with Gasteiger partial charge < -0.3 is 22.1 Å². The number of anilines is 3. The highest BCUT2D eigenvalue weighted by Gasteiger charge is 2.18. The Morgan fingerprint density at radius 3 is 2.17 bits per heavy atom. The molecule has 0 radical (unpaired) electrons. The van der Waals surface area contributed by atoms with E-state index in [2.05, 4.69) is 45.4 Å². The zero-order valence-electron chi connectivity index (χ0n) is 19.7. The summed E-state index contributed by atoms with van der Waals surface area (Å²) >= 11 is 0. The van der Waals surface area contributed by atoms with Gasteiger partial charge >= 0.3 is 0 Å². The molecule has 3 aromatic rings. The molecule has 2 heterocycles. The number of rotatable bonds is 2. The second kappa shape index (κ2) is 14.0. The smallest absolute Gasteiger partial charge is 0.104 e. The molecule has 1 atom stereocenters. The zero-order valence-corrected chi connectivity index (χ0v) is 19.7. The number of hydrogen-bond acceptors (Lipinski definition) is 6. The number of benzene rings is 3. The Kier molecular flexibility index (Phi) is 10.1. The maximum atomic E-state index is 6.09. The highest BCUT2D eigenvalue weighted by molar-refractivity contribution is 5.75. The Morgan fingerprint density at radius 1 is 0.829 bits per heavy atom. The van der Waals surface area contributed by atoms with Gasteiger partial charge in [0.05, 0.1) is 6.54 Å². The lowest BCUT2D eigenvalue weighted by Gasteiger charge is -2.19. The van der Waals surface area contributed by atoms with Crippen molar-refractivity contribution >= 4 is 29.5 Å². The molecule has 0 bridgehead atoms. The third kappa shape index (κ3) is 7.55. The summed E-state index contributed by atoms with van der Waals surface area (Å²) < 4.78 is 0. The molecular weight excluding hydrogens is 432 g/mol. The maximum absolute atomic E-state index is 6.09. The minimum Gasteiger partial charge on any atom is -0.398 e. The van der Waals surface area contributed by atoms with Crippen LogP contribution in [0.2, 0.25) is 0 Å². The van der Waals surface area contributed by atoms with Crippen molar-refractivity contribution in [2.75, 3.05) is 22.9 Å². The van der Waals surface area contributed by atoms with E-state index in [1.165, 1.54) is 5.56 Å². The molecule has 178 valence electrons. The number of aliphatic imine (C=N–C) groups is 2. The largest absolute Gasteiger partial charge is 0.398 e. The van der Waals surface area contributed by atoms with Crippen molar-refractivity contribution in [3.63, 3.8) is 0 Å². The highest BCUT2D eigenvalue weighted by Crippen LogP contribution is 2.34. The Hall–Kier alpha value is -4.42. The summed E-state index contributed by atoms with van der Waals surface area (Å²) in [6, 6.07) is 24.1. The van der Waals surface area contributed by atoms with Crippen LogP contribution >= 0.6 is 0 Å². The minimum atomic E-state index is -0.0742. The lowest BCUT2D eigenvalue weighted by molar-refractivity contribution is 0.883. The van der Waals surface area contributed by atoms with Crippen LogP contribution < -0.4 is 22.1 Å². The molecule has 0 saturated carbocycles. The van der Waals surface area contributed by atoms with E-state index >= 15 is 0 Å². The van der Waals surface area contributed by atoms with E-state index in [4.69, 9.17) is 11.5 Å². The number of allylic oxidation sites excluding steroid dienone is 2. The van der Waals surface area contributed by atoms with Crippen molar-refractivity contribution < 1.29 is 0 Å². The molecular formula is C29H32N6. The van der Waals surface area contributed by atoms with Gasteiger partial charge in [-0.1, -0.05) is 60.7 Å². The predicted octanol–water partition coefficient (Wildman–Crippen LogP) is 5.70. The summed E-state index contributed by atoms with van der Waals surface area (Å²) in [5.41, 5.74) is 17.4. The van der Waals surface area contributed by atoms with Crippen LogP contribution in [0.4, 0.5) is 17.1 Å². The number of nitrogens with two attached hydrogens (primary N) is 2. The third-order valence-electron chi connectivity index (χ3n) is 5.17. The molecule has 35 heavy (non-hydrogen) atoms. The number of nitrogen functional groups attached to an aromatic ring is 1. The number of hydrogen-bond donors (Lipinski definition) is 4. The van der Waals surface area contributed by atoms with Gasteiger partial charge in [0.25, 0.3) is 0 Å². The number of fused-ring (bicyclic) bond motifs is 2. The van der Waals surface area contributed by atoms with E-state index in [0.717, 1.165) is 34.7 Å². The molecule has 2 aliphatic heterocycles. The minimum absolute atomic E-state index is 0.0742. The van der Waals surface area contributed by atoms with Gasteiger partial charge in [0.2, 0.25) is 0 Å². The van der Waals surface area contributed by atoms with Crippen LogP contribution in [0.5, 0.6) is 0 Å². The van der Waals surface area contributed by atoms with E-state index in [1.54, 1.807) is 12.3 Å². The first-order valence-corrected chi connectivity index (χ1v) is 11.4. The van der Waals surface area contributed by atoms with E-state index in [-0.39, 0.29) is 6.04 Å². The van der Waals surface area contributed by atoms with Crippen LogP contribution in [0, 0.1) is 0 Å². The Bertz CT molecular complexity index is 1180. The molecule has 6 N–H and O–H groups in total. The topological polar surface area (TPSA) is 101 Å². The summed E-state index contributed by atoms with van der Waals surface area (Å²) in [7, 11) is 0. The maximum Gasteiger partial charge on any atom is 0.104 e. The highest BCUT2D eigenvalue weighted by atomic mass is 14.9. The first-order valence-electron chi connectivity index (χ1n) is 11.4. The van der Waals surface area contributed by atoms with Gasteiger partial charge in [-0.05, 0) is 35.9 Å². The van der Waals surface area contributed by atoms with Crippen molar-refractivity contribution in [1.29, 1.82) is 0 Å². The lowest BCUT2D eigenvalue weighted by atomic mass is 9.96. The van der Waals surface area contributed by atoms with Gasteiger partial charge in [-0.2, -0.15) is 0 Å². The molecule has 6 nitrogen and oxygen atoms in total. The first-order chi connectivity index (χ1) is 17.2. The molecule has 0 aliphatic carbocycles. The molecule has 0 aromatic heterocycles. The third-order valence-corrected chi connectivity index (χ3v) is 5.17. The van der Waals surface area contributed by atoms with Crippen LogP contribution in [0.3, 0.4) is 0 Å². The summed E-state index contributed by atoms with van der Waals surface area (Å²) in [6.07, 6.45) is 12.8. The summed E-state index contributed by atoms with van der Waals surface area (Å²) in [6.45, 7) is 4.69. The first kappa shape index (κ1) is 25.2. The normalized spacial score (nSPS) is 16.8. The van der Waals surface area contributed by atoms with Crippen LogP contribution in [-0.2, 0) is 6.54 Å². The van der Waals surface area contributed by atoms with E-state index in [1.807, 2.05) is 85.4 Å². The number of nitrogens with zero attached hydrogens (tertiary/aromatic N) is 2. The van der Waals surface area contributed by atoms with E-state index in [0.29, 0.717) is 6.54 Å². The standard InChI is InChI=1S/C16H15N3.C10H10N2.C3H7N/c17-14-8-3-1-6-12(14)16-13-7-2-4-9-15(13)18-10-5-11-19-16;1-2-5-10-9(4-1)8-11-6-3-7-12-10;1-2-3-4/h1-11,16,18H,17H2;1-7,12H,8H2;2H,1,3-4H2/b10-5-,19-11?;7-3-,11-6?;. The Labute approximate surface area is 207 Å². The van der Waals surface area contributed by atoms with E-state index < -0.39 is 0 Å². The summed E-state index contributed by atoms with van der Waals surface area (Å²) in [5, 5.41) is 6.46. The summed E-state index contributed by atoms with van der Waals surface area (Å²) in [4.78, 5) is 8.84. The summed E-state index contributed by atoms with van der Waals surface area (Å²) in [5.74, 6) is 0. The van der Waals surface area contributed by atoms with Crippen molar-refractivity contribution in [2.24, 2.45) is 15.7 Å². The molecule has 0 amide bonds. The second-order valence-corrected chi connectivity index (χ2v) is 7.60. The quantitative estimate of drug-likeness (QED) is 0.289. The molecule has 0 fully saturated rings. The molecule has 0 spiro atoms. The number of para-hydroxylation sites is 3. The molecule has 2 aliphatic rings. The van der Waals surface area contributed by atoms with Crippen LogP contribution in [0.15, 0.2) is 120 Å². The van der Waals surface area contributed by atoms with Gasteiger partial charge in [0.1, 0.15) is 6.04 Å². The molecule has 0 saturated heterocycles. The molecule has 3 aromatic carbocycles. The average molecular weight is 465 g/mol. The lowest BCUT2D eigenvalue weighted by Crippen LogP contribution is -2.06. The van der Waals surface area contributed by atoms with Gasteiger partial charge in [0, 0.05) is 59.6 Å². The fourth-order valence-electron chi connectivity index (χ4n) is 3.46.